The van der Waals surface area contributed by atoms with Crippen molar-refractivity contribution >= 4 is 56.3 Å². The summed E-state index contributed by atoms with van der Waals surface area (Å²) in [4.78, 5) is 12.6. The van der Waals surface area contributed by atoms with E-state index < -0.39 is 22.0 Å². The molecule has 0 fully saturated rings. The van der Waals surface area contributed by atoms with Crippen LogP contribution >= 0.6 is 34.7 Å². The molecule has 0 radical (unpaired) electrons. The Morgan fingerprint density at radius 2 is 2.12 bits per heavy atom. The summed E-state index contributed by atoms with van der Waals surface area (Å²) in [5, 5.41) is 4.95. The molecule has 1 aromatic heterocycles. The third-order valence-corrected chi connectivity index (χ3v) is 7.34. The van der Waals surface area contributed by atoms with Crippen LogP contribution in [0.2, 0.25) is 5.02 Å². The molecule has 0 unspecified atom stereocenters. The number of hydrogen-bond acceptors (Lipinski definition) is 5. The summed E-state index contributed by atoms with van der Waals surface area (Å²) in [6.45, 7) is 1.87. The van der Waals surface area contributed by atoms with Crippen molar-refractivity contribution < 1.29 is 13.2 Å². The normalized spacial score (nSPS) is 12.8. The van der Waals surface area contributed by atoms with E-state index in [-0.39, 0.29) is 4.21 Å². The van der Waals surface area contributed by atoms with Crippen molar-refractivity contribution in [2.24, 2.45) is 0 Å². The number of nitrogens with one attached hydrogen (secondary N) is 2. The van der Waals surface area contributed by atoms with Crippen molar-refractivity contribution in [2.75, 3.05) is 17.3 Å². The minimum atomic E-state index is -3.73. The Morgan fingerprint density at radius 1 is 1.36 bits per heavy atom. The summed E-state index contributed by atoms with van der Waals surface area (Å²) in [5.41, 5.74) is 1.43. The van der Waals surface area contributed by atoms with Gasteiger partial charge in [0.05, 0.1) is 0 Å². The van der Waals surface area contributed by atoms with Crippen LogP contribution in [0.1, 0.15) is 12.0 Å². The van der Waals surface area contributed by atoms with Crippen LogP contribution in [0.5, 0.6) is 0 Å². The number of anilines is 1. The van der Waals surface area contributed by atoms with Gasteiger partial charge in [-0.25, -0.2) is 8.42 Å². The van der Waals surface area contributed by atoms with Gasteiger partial charge in [0.15, 0.2) is 0 Å². The summed E-state index contributed by atoms with van der Waals surface area (Å²) in [6, 6.07) is 7.48. The third kappa shape index (κ3) is 5.72. The van der Waals surface area contributed by atoms with Crippen LogP contribution in [-0.2, 0) is 14.8 Å². The summed E-state index contributed by atoms with van der Waals surface area (Å²) in [5.74, 6) is 0.244. The van der Waals surface area contributed by atoms with Crippen LogP contribution in [0.4, 0.5) is 5.69 Å². The fourth-order valence-electron chi connectivity index (χ4n) is 2.04. The second-order valence-electron chi connectivity index (χ2n) is 5.34. The first-order valence-electron chi connectivity index (χ1n) is 7.45. The van der Waals surface area contributed by atoms with Gasteiger partial charge in [-0.1, -0.05) is 23.7 Å². The molecular weight excluding hydrogens is 400 g/mol. The Balaban J connectivity index is 2.15. The lowest BCUT2D eigenvalue weighted by Crippen LogP contribution is -2.43. The first kappa shape index (κ1) is 20.3. The van der Waals surface area contributed by atoms with Gasteiger partial charge >= 0.3 is 0 Å². The summed E-state index contributed by atoms with van der Waals surface area (Å²) in [6.07, 6.45) is 2.29. The van der Waals surface area contributed by atoms with Crippen LogP contribution in [0.25, 0.3) is 0 Å². The third-order valence-electron chi connectivity index (χ3n) is 3.42. The molecule has 136 valence electrons. The Bertz CT molecular complexity index is 823. The van der Waals surface area contributed by atoms with E-state index in [2.05, 4.69) is 10.0 Å². The van der Waals surface area contributed by atoms with E-state index in [0.29, 0.717) is 22.9 Å². The number of thioether (sulfide) groups is 1. The number of amides is 1. The fraction of sp³-hybridized carbons (Fsp3) is 0.312. The van der Waals surface area contributed by atoms with Gasteiger partial charge in [0.1, 0.15) is 10.3 Å². The van der Waals surface area contributed by atoms with E-state index in [0.717, 1.165) is 16.9 Å². The van der Waals surface area contributed by atoms with Gasteiger partial charge in [0.2, 0.25) is 5.91 Å². The van der Waals surface area contributed by atoms with Gasteiger partial charge < -0.3 is 5.32 Å². The molecule has 1 atom stereocenters. The SMILES string of the molecule is CSCC[C@H](NS(=O)(=O)c1cccs1)C(=O)Nc1ccc(C)c(Cl)c1. The zero-order valence-electron chi connectivity index (χ0n) is 13.8. The molecule has 0 aliphatic heterocycles. The molecular formula is C16H19ClN2O3S3. The molecule has 1 aromatic carbocycles. The molecule has 1 amide bonds. The molecule has 2 rings (SSSR count). The van der Waals surface area contributed by atoms with Crippen molar-refractivity contribution in [2.45, 2.75) is 23.6 Å². The highest BCUT2D eigenvalue weighted by Crippen LogP contribution is 2.21. The highest BCUT2D eigenvalue weighted by molar-refractivity contribution is 7.98. The Labute approximate surface area is 161 Å². The standard InChI is InChI=1S/C16H19ClN2O3S3/c1-11-5-6-12(10-13(11)17)18-16(20)14(7-9-23-2)19-25(21,22)15-4-3-8-24-15/h3-6,8,10,14,19H,7,9H2,1-2H3,(H,18,20)/t14-/m0/s1. The average molecular weight is 419 g/mol. The molecule has 0 spiro atoms. The molecule has 9 heteroatoms. The maximum atomic E-state index is 12.6. The van der Waals surface area contributed by atoms with Crippen molar-refractivity contribution in [1.29, 1.82) is 0 Å². The van der Waals surface area contributed by atoms with Gasteiger partial charge in [-0.2, -0.15) is 16.5 Å². The van der Waals surface area contributed by atoms with Crippen LogP contribution in [0.15, 0.2) is 39.9 Å². The largest absolute Gasteiger partial charge is 0.325 e. The topological polar surface area (TPSA) is 75.3 Å². The average Bonchev–Trinajstić information content (AvgIpc) is 3.10. The maximum Gasteiger partial charge on any atom is 0.250 e. The zero-order valence-corrected chi connectivity index (χ0v) is 17.0. The van der Waals surface area contributed by atoms with Crippen LogP contribution in [-0.4, -0.2) is 32.4 Å². The molecule has 1 heterocycles. The minimum absolute atomic E-state index is 0.188. The second-order valence-corrected chi connectivity index (χ2v) is 9.62. The quantitative estimate of drug-likeness (QED) is 0.684. The van der Waals surface area contributed by atoms with Gasteiger partial charge in [0.25, 0.3) is 10.0 Å². The molecule has 0 aliphatic carbocycles. The summed E-state index contributed by atoms with van der Waals surface area (Å²) in [7, 11) is -3.73. The fourth-order valence-corrected chi connectivity index (χ4v) is 4.93. The zero-order chi connectivity index (χ0) is 18.4. The monoisotopic (exact) mass is 418 g/mol. The number of sulfonamides is 1. The summed E-state index contributed by atoms with van der Waals surface area (Å²) < 4.78 is 27.5. The Morgan fingerprint density at radius 3 is 2.72 bits per heavy atom. The highest BCUT2D eigenvalue weighted by Gasteiger charge is 2.26. The molecule has 25 heavy (non-hydrogen) atoms. The number of rotatable bonds is 8. The Hall–Kier alpha value is -1.06. The number of carbonyl (C=O) groups is 1. The molecule has 0 saturated carbocycles. The van der Waals surface area contributed by atoms with Gasteiger partial charge in [-0.15, -0.1) is 11.3 Å². The molecule has 2 N–H and O–H groups in total. The number of hydrogen-bond donors (Lipinski definition) is 2. The molecule has 0 bridgehead atoms. The predicted molar refractivity (Wildman–Crippen MR) is 106 cm³/mol. The van der Waals surface area contributed by atoms with Gasteiger partial charge in [0, 0.05) is 10.7 Å². The van der Waals surface area contributed by atoms with E-state index in [1.54, 1.807) is 41.4 Å². The van der Waals surface area contributed by atoms with Gasteiger partial charge in [-0.3, -0.25) is 4.79 Å². The molecule has 5 nitrogen and oxygen atoms in total. The lowest BCUT2D eigenvalue weighted by Gasteiger charge is -2.18. The highest BCUT2D eigenvalue weighted by atomic mass is 35.5. The smallest absolute Gasteiger partial charge is 0.250 e. The number of thiophene rings is 1. The van der Waals surface area contributed by atoms with E-state index in [1.807, 2.05) is 13.2 Å². The van der Waals surface area contributed by atoms with Crippen molar-refractivity contribution in [3.8, 4) is 0 Å². The first-order chi connectivity index (χ1) is 11.8. The number of benzene rings is 1. The summed E-state index contributed by atoms with van der Waals surface area (Å²) >= 11 is 8.73. The predicted octanol–water partition coefficient (Wildman–Crippen LogP) is 3.75. The van der Waals surface area contributed by atoms with Gasteiger partial charge in [-0.05, 0) is 54.5 Å². The van der Waals surface area contributed by atoms with Crippen molar-refractivity contribution in [3.63, 3.8) is 0 Å². The second kappa shape index (κ2) is 9.05. The number of aryl methyl sites for hydroxylation is 1. The Kier molecular flexibility index (Phi) is 7.33. The van der Waals surface area contributed by atoms with Crippen molar-refractivity contribution in [3.05, 3.63) is 46.3 Å². The molecule has 0 aliphatic rings. The van der Waals surface area contributed by atoms with Crippen LogP contribution < -0.4 is 10.0 Å². The maximum absolute atomic E-state index is 12.6. The van der Waals surface area contributed by atoms with E-state index in [1.165, 1.54) is 6.07 Å². The van der Waals surface area contributed by atoms with E-state index in [9.17, 15) is 13.2 Å². The number of halogens is 1. The first-order valence-corrected chi connectivity index (χ1v) is 11.6. The van der Waals surface area contributed by atoms with Crippen molar-refractivity contribution in [1.82, 2.24) is 4.72 Å². The molecule has 0 saturated heterocycles. The molecule has 2 aromatic rings. The number of carbonyl (C=O) groups excluding carboxylic acids is 1. The minimum Gasteiger partial charge on any atom is -0.325 e. The van der Waals surface area contributed by atoms with Crippen LogP contribution in [0, 0.1) is 6.92 Å². The van der Waals surface area contributed by atoms with E-state index >= 15 is 0 Å². The van der Waals surface area contributed by atoms with Crippen LogP contribution in [0.3, 0.4) is 0 Å². The van der Waals surface area contributed by atoms with E-state index in [4.69, 9.17) is 11.6 Å². The lowest BCUT2D eigenvalue weighted by atomic mass is 10.2. The lowest BCUT2D eigenvalue weighted by molar-refractivity contribution is -0.117.